The largest absolute Gasteiger partial charge is 0.376 e. The van der Waals surface area contributed by atoms with Gasteiger partial charge in [0, 0.05) is 0 Å². The van der Waals surface area contributed by atoms with Crippen molar-refractivity contribution in [3.8, 4) is 0 Å². The van der Waals surface area contributed by atoms with Crippen molar-refractivity contribution in [1.82, 2.24) is 0 Å². The Kier molecular flexibility index (Phi) is 3.29. The Bertz CT molecular complexity index is 152. The molecule has 1 aliphatic rings. The van der Waals surface area contributed by atoms with Crippen LogP contribution >= 0.6 is 0 Å². The van der Waals surface area contributed by atoms with E-state index in [0.717, 1.165) is 19.6 Å². The molecule has 0 unspecified atom stereocenters. The van der Waals surface area contributed by atoms with Crippen molar-refractivity contribution in [2.24, 2.45) is 0 Å². The zero-order chi connectivity index (χ0) is 9.03. The van der Waals surface area contributed by atoms with Gasteiger partial charge in [-0.1, -0.05) is 12.2 Å². The van der Waals surface area contributed by atoms with Gasteiger partial charge in [-0.15, -0.1) is 0 Å². The molecule has 1 aliphatic heterocycles. The molecule has 1 rings (SSSR count). The summed E-state index contributed by atoms with van der Waals surface area (Å²) in [6.45, 7) is 7.91. The van der Waals surface area contributed by atoms with Crippen LogP contribution in [0.3, 0.4) is 0 Å². The van der Waals surface area contributed by atoms with Crippen LogP contribution in [0.2, 0.25) is 0 Å². The van der Waals surface area contributed by atoms with Crippen LogP contribution in [0.4, 0.5) is 0 Å². The monoisotopic (exact) mass is 170 g/mol. The number of rotatable bonds is 4. The van der Waals surface area contributed by atoms with E-state index >= 15 is 0 Å². The summed E-state index contributed by atoms with van der Waals surface area (Å²) in [5.74, 6) is 0. The molecule has 2 nitrogen and oxygen atoms in total. The van der Waals surface area contributed by atoms with Crippen LogP contribution in [0.1, 0.15) is 27.2 Å². The predicted octanol–water partition coefficient (Wildman–Crippen LogP) is 2.15. The molecule has 1 atom stereocenters. The molecule has 1 fully saturated rings. The standard InChI is InChI=1S/C10H18O2/c1-10(2,3)12-7-5-4-6-9-8-11-9/h4,6,9H,5,7-8H2,1-3H3/b6-4-/t9-/m0/s1. The first-order chi connectivity index (χ1) is 5.58. The molecule has 12 heavy (non-hydrogen) atoms. The third kappa shape index (κ3) is 5.33. The van der Waals surface area contributed by atoms with E-state index in [-0.39, 0.29) is 5.60 Å². The molecule has 0 aromatic heterocycles. The van der Waals surface area contributed by atoms with Crippen molar-refractivity contribution in [2.75, 3.05) is 13.2 Å². The number of ether oxygens (including phenoxy) is 2. The Morgan fingerprint density at radius 3 is 2.67 bits per heavy atom. The van der Waals surface area contributed by atoms with Gasteiger partial charge in [-0.2, -0.15) is 0 Å². The van der Waals surface area contributed by atoms with E-state index in [0.29, 0.717) is 6.10 Å². The fourth-order valence-electron chi connectivity index (χ4n) is 0.848. The van der Waals surface area contributed by atoms with Crippen molar-refractivity contribution < 1.29 is 9.47 Å². The first kappa shape index (κ1) is 9.75. The van der Waals surface area contributed by atoms with Gasteiger partial charge in [-0.05, 0) is 27.2 Å². The van der Waals surface area contributed by atoms with E-state index in [1.165, 1.54) is 0 Å². The Labute approximate surface area is 74.6 Å². The van der Waals surface area contributed by atoms with Crippen LogP contribution in [0.15, 0.2) is 12.2 Å². The van der Waals surface area contributed by atoms with Gasteiger partial charge >= 0.3 is 0 Å². The Morgan fingerprint density at radius 1 is 1.50 bits per heavy atom. The SMILES string of the molecule is CC(C)(C)OCC/C=C\[C@H]1CO1. The maximum atomic E-state index is 5.54. The highest BCUT2D eigenvalue weighted by Gasteiger charge is 2.17. The lowest BCUT2D eigenvalue weighted by Gasteiger charge is -2.18. The van der Waals surface area contributed by atoms with Crippen LogP contribution < -0.4 is 0 Å². The molecule has 0 N–H and O–H groups in total. The van der Waals surface area contributed by atoms with Gasteiger partial charge in [0.1, 0.15) is 0 Å². The molecule has 1 heterocycles. The number of hydrogen-bond donors (Lipinski definition) is 0. The average Bonchev–Trinajstić information content (AvgIpc) is 2.68. The minimum atomic E-state index is -0.01000. The lowest BCUT2D eigenvalue weighted by molar-refractivity contribution is -0.000125. The fraction of sp³-hybridized carbons (Fsp3) is 0.800. The van der Waals surface area contributed by atoms with E-state index in [1.807, 2.05) is 0 Å². The first-order valence-corrected chi connectivity index (χ1v) is 4.50. The third-order valence-corrected chi connectivity index (χ3v) is 1.53. The molecule has 0 aromatic rings. The second-order valence-corrected chi connectivity index (χ2v) is 4.05. The summed E-state index contributed by atoms with van der Waals surface area (Å²) in [5, 5.41) is 0. The summed E-state index contributed by atoms with van der Waals surface area (Å²) in [6, 6.07) is 0. The maximum absolute atomic E-state index is 5.54. The van der Waals surface area contributed by atoms with E-state index in [4.69, 9.17) is 9.47 Å². The van der Waals surface area contributed by atoms with E-state index in [2.05, 4.69) is 32.9 Å². The highest BCUT2D eigenvalue weighted by Crippen LogP contribution is 2.11. The predicted molar refractivity (Wildman–Crippen MR) is 49.2 cm³/mol. The third-order valence-electron chi connectivity index (χ3n) is 1.53. The summed E-state index contributed by atoms with van der Waals surface area (Å²) >= 11 is 0. The van der Waals surface area contributed by atoms with Crippen molar-refractivity contribution in [3.05, 3.63) is 12.2 Å². The van der Waals surface area contributed by atoms with Crippen LogP contribution in [-0.2, 0) is 9.47 Å². The summed E-state index contributed by atoms with van der Waals surface area (Å²) in [6.07, 6.45) is 5.62. The van der Waals surface area contributed by atoms with E-state index < -0.39 is 0 Å². The zero-order valence-corrected chi connectivity index (χ0v) is 8.17. The van der Waals surface area contributed by atoms with Gasteiger partial charge in [0.15, 0.2) is 0 Å². The molecule has 0 saturated carbocycles. The summed E-state index contributed by atoms with van der Waals surface area (Å²) in [4.78, 5) is 0. The molecular weight excluding hydrogens is 152 g/mol. The van der Waals surface area contributed by atoms with Gasteiger partial charge in [0.05, 0.1) is 24.9 Å². The molecule has 0 aromatic carbocycles. The molecule has 1 saturated heterocycles. The van der Waals surface area contributed by atoms with Gasteiger partial charge < -0.3 is 9.47 Å². The number of epoxide rings is 1. The molecule has 2 heteroatoms. The topological polar surface area (TPSA) is 21.8 Å². The molecule has 0 spiro atoms. The minimum absolute atomic E-state index is 0.01000. The Balaban J connectivity index is 1.94. The quantitative estimate of drug-likeness (QED) is 0.366. The highest BCUT2D eigenvalue weighted by molar-refractivity contribution is 4.95. The van der Waals surface area contributed by atoms with E-state index in [1.54, 1.807) is 0 Å². The van der Waals surface area contributed by atoms with E-state index in [9.17, 15) is 0 Å². The Morgan fingerprint density at radius 2 is 2.17 bits per heavy atom. The Hall–Kier alpha value is -0.340. The molecule has 0 amide bonds. The second-order valence-electron chi connectivity index (χ2n) is 4.05. The average molecular weight is 170 g/mol. The fourth-order valence-corrected chi connectivity index (χ4v) is 0.848. The normalized spacial score (nSPS) is 23.4. The number of hydrogen-bond acceptors (Lipinski definition) is 2. The first-order valence-electron chi connectivity index (χ1n) is 4.50. The lowest BCUT2D eigenvalue weighted by atomic mass is 10.2. The molecule has 0 aliphatic carbocycles. The van der Waals surface area contributed by atoms with Crippen LogP contribution in [-0.4, -0.2) is 24.9 Å². The summed E-state index contributed by atoms with van der Waals surface area (Å²) in [7, 11) is 0. The van der Waals surface area contributed by atoms with Gasteiger partial charge in [0.25, 0.3) is 0 Å². The van der Waals surface area contributed by atoms with Gasteiger partial charge in [0.2, 0.25) is 0 Å². The van der Waals surface area contributed by atoms with Gasteiger partial charge in [-0.3, -0.25) is 0 Å². The molecular formula is C10H18O2. The molecule has 0 bridgehead atoms. The summed E-state index contributed by atoms with van der Waals surface area (Å²) < 4.78 is 10.6. The van der Waals surface area contributed by atoms with Crippen molar-refractivity contribution >= 4 is 0 Å². The highest BCUT2D eigenvalue weighted by atomic mass is 16.6. The zero-order valence-electron chi connectivity index (χ0n) is 8.17. The molecule has 0 radical (unpaired) electrons. The van der Waals surface area contributed by atoms with Crippen LogP contribution in [0.25, 0.3) is 0 Å². The smallest absolute Gasteiger partial charge is 0.0991 e. The lowest BCUT2D eigenvalue weighted by Crippen LogP contribution is -2.19. The van der Waals surface area contributed by atoms with Crippen molar-refractivity contribution in [1.29, 1.82) is 0 Å². The maximum Gasteiger partial charge on any atom is 0.0991 e. The summed E-state index contributed by atoms with van der Waals surface area (Å²) in [5.41, 5.74) is -0.01000. The molecule has 70 valence electrons. The van der Waals surface area contributed by atoms with Crippen LogP contribution in [0, 0.1) is 0 Å². The van der Waals surface area contributed by atoms with Crippen molar-refractivity contribution in [2.45, 2.75) is 38.9 Å². The van der Waals surface area contributed by atoms with Crippen molar-refractivity contribution in [3.63, 3.8) is 0 Å². The van der Waals surface area contributed by atoms with Gasteiger partial charge in [-0.25, -0.2) is 0 Å². The second kappa shape index (κ2) is 4.06. The van der Waals surface area contributed by atoms with Crippen LogP contribution in [0.5, 0.6) is 0 Å². The minimum Gasteiger partial charge on any atom is -0.376 e.